The molecule has 0 saturated carbocycles. The maximum absolute atomic E-state index is 12.9. The van der Waals surface area contributed by atoms with E-state index in [-0.39, 0.29) is 0 Å². The molecule has 0 N–H and O–H groups in total. The van der Waals surface area contributed by atoms with E-state index in [4.69, 9.17) is 18.5 Å². The highest BCUT2D eigenvalue weighted by atomic mass is 31.2. The summed E-state index contributed by atoms with van der Waals surface area (Å²) in [6.07, 6.45) is 10.0. The first-order valence-electron chi connectivity index (χ1n) is 10.4. The quantitative estimate of drug-likeness (QED) is 0.113. The lowest BCUT2D eigenvalue weighted by atomic mass is 10.2. The second-order valence-corrected chi connectivity index (χ2v) is 8.76. The predicted octanol–water partition coefficient (Wildman–Crippen LogP) is 5.20. The second-order valence-electron chi connectivity index (χ2n) is 6.57. The average molecular weight is 432 g/mol. The Bertz CT molecular complexity index is 481. The van der Waals surface area contributed by atoms with Gasteiger partial charge in [-0.05, 0) is 44.9 Å². The van der Waals surface area contributed by atoms with Crippen molar-refractivity contribution in [3.05, 3.63) is 25.3 Å². The van der Waals surface area contributed by atoms with Crippen molar-refractivity contribution in [2.45, 2.75) is 64.7 Å². The van der Waals surface area contributed by atoms with E-state index in [0.29, 0.717) is 32.6 Å². The lowest BCUT2D eigenvalue weighted by molar-refractivity contribution is -0.138. The fraction of sp³-hybridized carbons (Fsp3) is 0.714. The molecule has 0 aliphatic heterocycles. The molecule has 0 aromatic rings. The first-order chi connectivity index (χ1) is 14.0. The Balaban J connectivity index is 4.02. The van der Waals surface area contributed by atoms with Crippen LogP contribution in [0.1, 0.15) is 64.7 Å². The van der Waals surface area contributed by atoms with E-state index in [1.54, 1.807) is 0 Å². The smallest absolute Gasteiger partial charge is 0.330 e. The lowest BCUT2D eigenvalue weighted by Gasteiger charge is -2.18. The van der Waals surface area contributed by atoms with Crippen molar-refractivity contribution >= 4 is 19.5 Å². The van der Waals surface area contributed by atoms with Crippen LogP contribution in [0.3, 0.4) is 0 Å². The van der Waals surface area contributed by atoms with E-state index in [2.05, 4.69) is 20.1 Å². The Hall–Kier alpha value is -1.43. The molecular formula is C21H37O7P. The predicted molar refractivity (Wildman–Crippen MR) is 114 cm³/mol. The zero-order valence-electron chi connectivity index (χ0n) is 17.8. The number of hydrogen-bond acceptors (Lipinski definition) is 7. The number of hydrogen-bond donors (Lipinski definition) is 0. The van der Waals surface area contributed by atoms with Crippen molar-refractivity contribution in [2.24, 2.45) is 0 Å². The third-order valence-corrected chi connectivity index (χ3v) is 6.03. The fourth-order valence-electron chi connectivity index (χ4n) is 2.35. The minimum atomic E-state index is -3.10. The van der Waals surface area contributed by atoms with E-state index >= 15 is 0 Å². The number of carbonyl (C=O) groups is 2. The summed E-state index contributed by atoms with van der Waals surface area (Å²) in [4.78, 5) is 21.9. The molecule has 168 valence electrons. The number of carbonyl (C=O) groups excluding carboxylic acids is 2. The number of rotatable bonds is 20. The van der Waals surface area contributed by atoms with E-state index in [1.165, 1.54) is 0 Å². The van der Waals surface area contributed by atoms with E-state index in [9.17, 15) is 14.2 Å². The topological polar surface area (TPSA) is 88.1 Å². The van der Waals surface area contributed by atoms with E-state index in [0.717, 1.165) is 69.9 Å². The SMILES string of the molecule is C=CC(=O)OCCCCCOP(=O)(CCCCC)OCCCCCOC(=O)C=C. The Morgan fingerprint density at radius 1 is 0.724 bits per heavy atom. The summed E-state index contributed by atoms with van der Waals surface area (Å²) in [5, 5.41) is 0. The second kappa shape index (κ2) is 18.6. The zero-order chi connectivity index (χ0) is 21.8. The molecule has 8 heteroatoms. The zero-order valence-corrected chi connectivity index (χ0v) is 18.7. The van der Waals surface area contributed by atoms with Gasteiger partial charge < -0.3 is 18.5 Å². The van der Waals surface area contributed by atoms with Crippen molar-refractivity contribution in [1.29, 1.82) is 0 Å². The third-order valence-electron chi connectivity index (χ3n) is 4.01. The van der Waals surface area contributed by atoms with Crippen LogP contribution in [0.15, 0.2) is 25.3 Å². The van der Waals surface area contributed by atoms with Gasteiger partial charge in [0.05, 0.1) is 32.6 Å². The molecule has 0 fully saturated rings. The van der Waals surface area contributed by atoms with Gasteiger partial charge in [-0.1, -0.05) is 32.9 Å². The summed E-state index contributed by atoms with van der Waals surface area (Å²) in [5.74, 6) is -0.845. The first kappa shape index (κ1) is 27.6. The third kappa shape index (κ3) is 17.2. The van der Waals surface area contributed by atoms with Crippen LogP contribution in [-0.2, 0) is 32.7 Å². The molecule has 29 heavy (non-hydrogen) atoms. The van der Waals surface area contributed by atoms with Crippen LogP contribution in [-0.4, -0.2) is 44.5 Å². The molecule has 0 bridgehead atoms. The van der Waals surface area contributed by atoms with Gasteiger partial charge in [0.1, 0.15) is 0 Å². The molecule has 7 nitrogen and oxygen atoms in total. The van der Waals surface area contributed by atoms with Gasteiger partial charge in [0.2, 0.25) is 0 Å². The molecule has 0 saturated heterocycles. The lowest BCUT2D eigenvalue weighted by Crippen LogP contribution is -2.05. The molecule has 0 spiro atoms. The normalized spacial score (nSPS) is 11.1. The minimum absolute atomic E-state index is 0.345. The van der Waals surface area contributed by atoms with Crippen LogP contribution in [0.25, 0.3) is 0 Å². The average Bonchev–Trinajstić information content (AvgIpc) is 2.72. The van der Waals surface area contributed by atoms with Gasteiger partial charge in [-0.25, -0.2) is 9.59 Å². The van der Waals surface area contributed by atoms with Crippen molar-refractivity contribution in [3.8, 4) is 0 Å². The van der Waals surface area contributed by atoms with Crippen molar-refractivity contribution in [2.75, 3.05) is 32.6 Å². The minimum Gasteiger partial charge on any atom is -0.463 e. The highest BCUT2D eigenvalue weighted by molar-refractivity contribution is 7.53. The van der Waals surface area contributed by atoms with Crippen molar-refractivity contribution < 1.29 is 32.7 Å². The van der Waals surface area contributed by atoms with Gasteiger partial charge in [-0.2, -0.15) is 0 Å². The first-order valence-corrected chi connectivity index (χ1v) is 12.2. The van der Waals surface area contributed by atoms with Crippen molar-refractivity contribution in [3.63, 3.8) is 0 Å². The molecule has 0 aliphatic rings. The van der Waals surface area contributed by atoms with Gasteiger partial charge >= 0.3 is 19.5 Å². The molecule has 0 heterocycles. The van der Waals surface area contributed by atoms with Crippen LogP contribution in [0, 0.1) is 0 Å². The molecule has 0 aromatic carbocycles. The van der Waals surface area contributed by atoms with E-state index in [1.807, 2.05) is 0 Å². The summed E-state index contributed by atoms with van der Waals surface area (Å²) in [7, 11) is -3.10. The molecule has 0 aromatic heterocycles. The fourth-order valence-corrected chi connectivity index (χ4v) is 4.11. The Labute approximate surface area is 175 Å². The van der Waals surface area contributed by atoms with Gasteiger partial charge in [-0.15, -0.1) is 0 Å². The van der Waals surface area contributed by atoms with Crippen LogP contribution in [0.4, 0.5) is 0 Å². The molecule has 0 rings (SSSR count). The van der Waals surface area contributed by atoms with Crippen LogP contribution in [0.2, 0.25) is 0 Å². The summed E-state index contributed by atoms with van der Waals surface area (Å²) in [5.41, 5.74) is 0. The maximum Gasteiger partial charge on any atom is 0.330 e. The van der Waals surface area contributed by atoms with Gasteiger partial charge in [-0.3, -0.25) is 4.57 Å². The van der Waals surface area contributed by atoms with Gasteiger partial charge in [0.15, 0.2) is 0 Å². The Morgan fingerprint density at radius 2 is 1.17 bits per heavy atom. The van der Waals surface area contributed by atoms with Crippen LogP contribution in [0.5, 0.6) is 0 Å². The largest absolute Gasteiger partial charge is 0.463 e. The monoisotopic (exact) mass is 432 g/mol. The van der Waals surface area contributed by atoms with Crippen LogP contribution >= 0.6 is 7.60 Å². The maximum atomic E-state index is 12.9. The summed E-state index contributed by atoms with van der Waals surface area (Å²) in [6, 6.07) is 0. The number of unbranched alkanes of at least 4 members (excludes halogenated alkanes) is 6. The highest BCUT2D eigenvalue weighted by Gasteiger charge is 2.23. The molecule has 0 atom stereocenters. The number of ether oxygens (including phenoxy) is 2. The Morgan fingerprint density at radius 3 is 1.59 bits per heavy atom. The number of esters is 2. The Kier molecular flexibility index (Phi) is 17.7. The summed E-state index contributed by atoms with van der Waals surface area (Å²) in [6.45, 7) is 10.2. The summed E-state index contributed by atoms with van der Waals surface area (Å²) < 4.78 is 34.0. The molecular weight excluding hydrogens is 395 g/mol. The van der Waals surface area contributed by atoms with Crippen LogP contribution < -0.4 is 0 Å². The van der Waals surface area contributed by atoms with Gasteiger partial charge in [0.25, 0.3) is 0 Å². The standard InChI is InChI=1S/C21H37O7P/c1-4-7-14-19-29(24,27-17-12-8-10-15-25-20(22)5-2)28-18-13-9-11-16-26-21(23)6-3/h5-6H,2-4,7-19H2,1H3. The molecule has 0 unspecified atom stereocenters. The molecule has 0 radical (unpaired) electrons. The van der Waals surface area contributed by atoms with E-state index < -0.39 is 19.5 Å². The highest BCUT2D eigenvalue weighted by Crippen LogP contribution is 2.49. The molecule has 0 amide bonds. The van der Waals surface area contributed by atoms with Crippen molar-refractivity contribution in [1.82, 2.24) is 0 Å². The summed E-state index contributed by atoms with van der Waals surface area (Å²) >= 11 is 0. The molecule has 0 aliphatic carbocycles. The van der Waals surface area contributed by atoms with Gasteiger partial charge in [0, 0.05) is 12.2 Å².